The SMILES string of the molecule is COc1ccc(NC(=O)Cn2c(C)nc3c(c2=O)CCC3)cc1Cl. The molecule has 0 bridgehead atoms. The number of methoxy groups -OCH3 is 1. The molecule has 1 aliphatic carbocycles. The number of rotatable bonds is 4. The zero-order valence-electron chi connectivity index (χ0n) is 13.6. The van der Waals surface area contributed by atoms with Gasteiger partial charge in [-0.25, -0.2) is 4.98 Å². The van der Waals surface area contributed by atoms with Gasteiger partial charge < -0.3 is 10.1 Å². The van der Waals surface area contributed by atoms with Crippen LogP contribution in [0.2, 0.25) is 5.02 Å². The van der Waals surface area contributed by atoms with E-state index in [-0.39, 0.29) is 18.0 Å². The second-order valence-electron chi connectivity index (χ2n) is 5.73. The zero-order valence-corrected chi connectivity index (χ0v) is 14.3. The Balaban J connectivity index is 1.78. The average molecular weight is 348 g/mol. The number of amides is 1. The van der Waals surface area contributed by atoms with Gasteiger partial charge in [0, 0.05) is 11.3 Å². The molecule has 0 unspecified atom stereocenters. The van der Waals surface area contributed by atoms with Gasteiger partial charge in [0.1, 0.15) is 18.1 Å². The van der Waals surface area contributed by atoms with Crippen molar-refractivity contribution in [2.45, 2.75) is 32.7 Å². The van der Waals surface area contributed by atoms with Crippen LogP contribution in [-0.2, 0) is 24.2 Å². The summed E-state index contributed by atoms with van der Waals surface area (Å²) in [6.07, 6.45) is 2.51. The Morgan fingerprint density at radius 3 is 2.92 bits per heavy atom. The van der Waals surface area contributed by atoms with Crippen molar-refractivity contribution in [1.82, 2.24) is 9.55 Å². The van der Waals surface area contributed by atoms with Crippen LogP contribution < -0.4 is 15.6 Å². The molecule has 6 nitrogen and oxygen atoms in total. The molecule has 1 aromatic heterocycles. The quantitative estimate of drug-likeness (QED) is 0.921. The lowest BCUT2D eigenvalue weighted by atomic mass is 10.2. The van der Waals surface area contributed by atoms with Crippen LogP contribution in [0.15, 0.2) is 23.0 Å². The molecular weight excluding hydrogens is 330 g/mol. The number of carbonyl (C=O) groups is 1. The summed E-state index contributed by atoms with van der Waals surface area (Å²) >= 11 is 6.05. The van der Waals surface area contributed by atoms with Gasteiger partial charge in [0.05, 0.1) is 17.8 Å². The van der Waals surface area contributed by atoms with Gasteiger partial charge >= 0.3 is 0 Å². The Labute approximate surface area is 144 Å². The van der Waals surface area contributed by atoms with Crippen LogP contribution in [0.5, 0.6) is 5.75 Å². The molecule has 1 heterocycles. The molecule has 1 aromatic carbocycles. The maximum atomic E-state index is 12.5. The van der Waals surface area contributed by atoms with Crippen LogP contribution >= 0.6 is 11.6 Å². The van der Waals surface area contributed by atoms with Crippen LogP contribution in [0.4, 0.5) is 5.69 Å². The standard InChI is InChI=1S/C17H18ClN3O3/c1-10-19-14-5-3-4-12(14)17(23)21(10)9-16(22)20-11-6-7-15(24-2)13(18)8-11/h6-8H,3-5,9H2,1-2H3,(H,20,22). The summed E-state index contributed by atoms with van der Waals surface area (Å²) < 4.78 is 6.50. The number of aromatic nitrogens is 2. The number of carbonyl (C=O) groups excluding carboxylic acids is 1. The van der Waals surface area contributed by atoms with E-state index in [0.717, 1.165) is 30.5 Å². The van der Waals surface area contributed by atoms with Crippen molar-refractivity contribution in [3.8, 4) is 5.75 Å². The van der Waals surface area contributed by atoms with E-state index in [9.17, 15) is 9.59 Å². The van der Waals surface area contributed by atoms with Gasteiger partial charge in [0.25, 0.3) is 5.56 Å². The first-order valence-electron chi connectivity index (χ1n) is 7.72. The smallest absolute Gasteiger partial charge is 0.257 e. The second kappa shape index (κ2) is 6.65. The van der Waals surface area contributed by atoms with Crippen molar-refractivity contribution in [2.75, 3.05) is 12.4 Å². The molecule has 0 spiro atoms. The number of fused-ring (bicyclic) bond motifs is 1. The predicted octanol–water partition coefficient (Wildman–Crippen LogP) is 2.34. The number of halogens is 1. The zero-order chi connectivity index (χ0) is 17.3. The molecule has 0 fully saturated rings. The summed E-state index contributed by atoms with van der Waals surface area (Å²) in [4.78, 5) is 29.2. The number of hydrogen-bond acceptors (Lipinski definition) is 4. The summed E-state index contributed by atoms with van der Waals surface area (Å²) in [6.45, 7) is 1.67. The van der Waals surface area contributed by atoms with Crippen molar-refractivity contribution < 1.29 is 9.53 Å². The molecule has 0 atom stereocenters. The minimum atomic E-state index is -0.304. The van der Waals surface area contributed by atoms with E-state index in [0.29, 0.717) is 22.3 Å². The molecule has 0 saturated heterocycles. The van der Waals surface area contributed by atoms with Gasteiger partial charge in [-0.1, -0.05) is 11.6 Å². The highest BCUT2D eigenvalue weighted by Gasteiger charge is 2.20. The third-order valence-electron chi connectivity index (χ3n) is 4.12. The summed E-state index contributed by atoms with van der Waals surface area (Å²) in [5.41, 5.74) is 2.04. The molecule has 0 aliphatic heterocycles. The summed E-state index contributed by atoms with van der Waals surface area (Å²) in [5, 5.41) is 3.14. The van der Waals surface area contributed by atoms with E-state index < -0.39 is 0 Å². The first kappa shape index (κ1) is 16.5. The Morgan fingerprint density at radius 1 is 1.42 bits per heavy atom. The lowest BCUT2D eigenvalue weighted by Crippen LogP contribution is -2.32. The van der Waals surface area contributed by atoms with E-state index in [2.05, 4.69) is 10.3 Å². The Morgan fingerprint density at radius 2 is 2.21 bits per heavy atom. The monoisotopic (exact) mass is 347 g/mol. The summed E-state index contributed by atoms with van der Waals surface area (Å²) in [7, 11) is 1.52. The van der Waals surface area contributed by atoms with Gasteiger partial charge in [-0.05, 0) is 44.4 Å². The van der Waals surface area contributed by atoms with Crippen molar-refractivity contribution in [3.63, 3.8) is 0 Å². The highest BCUT2D eigenvalue weighted by Crippen LogP contribution is 2.27. The Bertz CT molecular complexity index is 861. The number of anilines is 1. The molecule has 3 rings (SSSR count). The fraction of sp³-hybridized carbons (Fsp3) is 0.353. The first-order valence-corrected chi connectivity index (χ1v) is 8.10. The number of ether oxygens (including phenoxy) is 1. The number of benzene rings is 1. The number of hydrogen-bond donors (Lipinski definition) is 1. The molecule has 0 radical (unpaired) electrons. The van der Waals surface area contributed by atoms with Crippen molar-refractivity contribution >= 4 is 23.2 Å². The third kappa shape index (κ3) is 3.14. The minimum absolute atomic E-state index is 0.0748. The maximum Gasteiger partial charge on any atom is 0.257 e. The molecule has 1 aliphatic rings. The van der Waals surface area contributed by atoms with Crippen LogP contribution in [0.25, 0.3) is 0 Å². The summed E-state index contributed by atoms with van der Waals surface area (Å²) in [6, 6.07) is 4.97. The molecule has 126 valence electrons. The number of aryl methyl sites for hydroxylation is 2. The number of nitrogens with one attached hydrogen (secondary N) is 1. The molecule has 2 aromatic rings. The van der Waals surface area contributed by atoms with Crippen LogP contribution in [0, 0.1) is 6.92 Å². The van der Waals surface area contributed by atoms with Crippen LogP contribution in [-0.4, -0.2) is 22.6 Å². The molecule has 1 amide bonds. The van der Waals surface area contributed by atoms with Crippen molar-refractivity contribution in [3.05, 3.63) is 50.7 Å². The maximum absolute atomic E-state index is 12.5. The largest absolute Gasteiger partial charge is 0.495 e. The molecule has 0 saturated carbocycles. The molecule has 1 N–H and O–H groups in total. The fourth-order valence-electron chi connectivity index (χ4n) is 2.92. The van der Waals surface area contributed by atoms with E-state index in [1.165, 1.54) is 11.7 Å². The van der Waals surface area contributed by atoms with Gasteiger partial charge in [0.2, 0.25) is 5.91 Å². The third-order valence-corrected chi connectivity index (χ3v) is 4.41. The van der Waals surface area contributed by atoms with Gasteiger partial charge in [0.15, 0.2) is 0 Å². The Hall–Kier alpha value is -2.34. The lowest BCUT2D eigenvalue weighted by molar-refractivity contribution is -0.116. The topological polar surface area (TPSA) is 73.2 Å². The van der Waals surface area contributed by atoms with Crippen LogP contribution in [0.3, 0.4) is 0 Å². The van der Waals surface area contributed by atoms with Crippen molar-refractivity contribution in [2.24, 2.45) is 0 Å². The van der Waals surface area contributed by atoms with Gasteiger partial charge in [-0.15, -0.1) is 0 Å². The van der Waals surface area contributed by atoms with E-state index >= 15 is 0 Å². The van der Waals surface area contributed by atoms with Gasteiger partial charge in [-0.2, -0.15) is 0 Å². The van der Waals surface area contributed by atoms with Crippen molar-refractivity contribution in [1.29, 1.82) is 0 Å². The predicted molar refractivity (Wildman–Crippen MR) is 91.9 cm³/mol. The van der Waals surface area contributed by atoms with Crippen LogP contribution in [0.1, 0.15) is 23.5 Å². The molecule has 24 heavy (non-hydrogen) atoms. The Kier molecular flexibility index (Phi) is 4.57. The first-order chi connectivity index (χ1) is 11.5. The van der Waals surface area contributed by atoms with E-state index in [4.69, 9.17) is 16.3 Å². The molecular formula is C17H18ClN3O3. The van der Waals surface area contributed by atoms with Gasteiger partial charge in [-0.3, -0.25) is 14.2 Å². The molecule has 7 heteroatoms. The highest BCUT2D eigenvalue weighted by molar-refractivity contribution is 6.32. The number of nitrogens with zero attached hydrogens (tertiary/aromatic N) is 2. The normalized spacial score (nSPS) is 12.8. The van der Waals surface area contributed by atoms with E-state index in [1.54, 1.807) is 25.1 Å². The second-order valence-corrected chi connectivity index (χ2v) is 6.13. The minimum Gasteiger partial charge on any atom is -0.495 e. The lowest BCUT2D eigenvalue weighted by Gasteiger charge is -2.12. The van der Waals surface area contributed by atoms with E-state index in [1.807, 2.05) is 0 Å². The fourth-order valence-corrected chi connectivity index (χ4v) is 3.18. The highest BCUT2D eigenvalue weighted by atomic mass is 35.5. The average Bonchev–Trinajstić information content (AvgIpc) is 3.00. The summed E-state index contributed by atoms with van der Waals surface area (Å²) in [5.74, 6) is 0.786.